The normalized spacial score (nSPS) is 10.4. The van der Waals surface area contributed by atoms with Crippen LogP contribution in [-0.2, 0) is 7.05 Å². The number of carbonyl (C=O) groups excluding carboxylic acids is 1. The van der Waals surface area contributed by atoms with Crippen LogP contribution in [0.15, 0.2) is 30.6 Å². The molecule has 2 aromatic rings. The minimum absolute atomic E-state index is 0.207. The van der Waals surface area contributed by atoms with E-state index in [1.54, 1.807) is 42.2 Å². The molecule has 82 valence electrons. The van der Waals surface area contributed by atoms with Gasteiger partial charge < -0.3 is 10.3 Å². The van der Waals surface area contributed by atoms with E-state index in [4.69, 9.17) is 17.3 Å². The highest BCUT2D eigenvalue weighted by Gasteiger charge is 2.16. The minimum atomic E-state index is -0.207. The van der Waals surface area contributed by atoms with Crippen LogP contribution in [0.3, 0.4) is 0 Å². The van der Waals surface area contributed by atoms with Crippen LogP contribution >= 0.6 is 11.6 Å². The quantitative estimate of drug-likeness (QED) is 0.639. The molecule has 0 radical (unpaired) electrons. The van der Waals surface area contributed by atoms with Crippen molar-refractivity contribution in [2.24, 2.45) is 7.05 Å². The number of nitrogen functional groups attached to an aromatic ring is 1. The summed E-state index contributed by atoms with van der Waals surface area (Å²) in [5.41, 5.74) is 6.51. The average molecular weight is 236 g/mol. The van der Waals surface area contributed by atoms with E-state index in [0.29, 0.717) is 22.1 Å². The third-order valence-electron chi connectivity index (χ3n) is 2.28. The number of ketones is 1. The number of aromatic nitrogens is 2. The number of carbonyl (C=O) groups is 1. The van der Waals surface area contributed by atoms with Crippen molar-refractivity contribution in [1.82, 2.24) is 9.55 Å². The summed E-state index contributed by atoms with van der Waals surface area (Å²) >= 11 is 5.77. The molecule has 0 unspecified atom stereocenters. The molecule has 0 aliphatic carbocycles. The number of nitrogens with two attached hydrogens (primary N) is 1. The molecule has 0 saturated carbocycles. The standard InChI is InChI=1S/C11H10ClN3O/c1-15-5-4-14-11(15)10(16)8-3-2-7(12)6-9(8)13/h2-6H,13H2,1H3. The van der Waals surface area contributed by atoms with Gasteiger partial charge in [-0.25, -0.2) is 4.98 Å². The summed E-state index contributed by atoms with van der Waals surface area (Å²) in [7, 11) is 1.76. The van der Waals surface area contributed by atoms with E-state index >= 15 is 0 Å². The molecular formula is C11H10ClN3O. The number of hydrogen-bond donors (Lipinski definition) is 1. The second-order valence-electron chi connectivity index (χ2n) is 3.42. The molecule has 0 amide bonds. The van der Waals surface area contributed by atoms with Crippen LogP contribution in [0.25, 0.3) is 0 Å². The Morgan fingerprint density at radius 2 is 2.25 bits per heavy atom. The Kier molecular flexibility index (Phi) is 2.66. The maximum Gasteiger partial charge on any atom is 0.230 e. The molecule has 4 nitrogen and oxygen atoms in total. The summed E-state index contributed by atoms with van der Waals surface area (Å²) in [6.45, 7) is 0. The van der Waals surface area contributed by atoms with Gasteiger partial charge in [0.15, 0.2) is 5.82 Å². The second kappa shape index (κ2) is 3.98. The van der Waals surface area contributed by atoms with Gasteiger partial charge >= 0.3 is 0 Å². The third-order valence-corrected chi connectivity index (χ3v) is 2.52. The zero-order valence-corrected chi connectivity index (χ0v) is 9.40. The molecule has 0 bridgehead atoms. The highest BCUT2D eigenvalue weighted by atomic mass is 35.5. The van der Waals surface area contributed by atoms with Crippen LogP contribution in [0.1, 0.15) is 16.2 Å². The number of benzene rings is 1. The molecule has 2 N–H and O–H groups in total. The lowest BCUT2D eigenvalue weighted by atomic mass is 10.1. The number of aryl methyl sites for hydroxylation is 1. The van der Waals surface area contributed by atoms with Crippen molar-refractivity contribution in [1.29, 1.82) is 0 Å². The van der Waals surface area contributed by atoms with E-state index in [0.717, 1.165) is 0 Å². The van der Waals surface area contributed by atoms with E-state index in [1.165, 1.54) is 0 Å². The molecule has 1 heterocycles. The van der Waals surface area contributed by atoms with E-state index < -0.39 is 0 Å². The first-order chi connectivity index (χ1) is 7.59. The Balaban J connectivity index is 2.46. The monoisotopic (exact) mass is 235 g/mol. The molecule has 0 fully saturated rings. The maximum atomic E-state index is 12.1. The summed E-state index contributed by atoms with van der Waals surface area (Å²) in [6.07, 6.45) is 3.28. The molecule has 1 aromatic carbocycles. The second-order valence-corrected chi connectivity index (χ2v) is 3.86. The Morgan fingerprint density at radius 3 is 2.81 bits per heavy atom. The number of anilines is 1. The molecule has 0 aliphatic rings. The predicted octanol–water partition coefficient (Wildman–Crippen LogP) is 1.89. The van der Waals surface area contributed by atoms with Crippen LogP contribution in [0, 0.1) is 0 Å². The van der Waals surface area contributed by atoms with Crippen molar-refractivity contribution >= 4 is 23.1 Å². The van der Waals surface area contributed by atoms with Crippen LogP contribution in [0.4, 0.5) is 5.69 Å². The van der Waals surface area contributed by atoms with Crippen LogP contribution < -0.4 is 5.73 Å². The first-order valence-corrected chi connectivity index (χ1v) is 5.04. The van der Waals surface area contributed by atoms with Crippen LogP contribution in [0.5, 0.6) is 0 Å². The molecule has 16 heavy (non-hydrogen) atoms. The Morgan fingerprint density at radius 1 is 1.50 bits per heavy atom. The highest BCUT2D eigenvalue weighted by molar-refractivity contribution is 6.31. The van der Waals surface area contributed by atoms with Crippen LogP contribution in [0.2, 0.25) is 5.02 Å². The average Bonchev–Trinajstić information content (AvgIpc) is 2.63. The lowest BCUT2D eigenvalue weighted by Gasteiger charge is -2.04. The van der Waals surface area contributed by atoms with Gasteiger partial charge in [-0.1, -0.05) is 11.6 Å². The lowest BCUT2D eigenvalue weighted by Crippen LogP contribution is -2.10. The lowest BCUT2D eigenvalue weighted by molar-refractivity contribution is 0.102. The Labute approximate surface area is 97.7 Å². The van der Waals surface area contributed by atoms with Gasteiger partial charge in [-0.3, -0.25) is 4.79 Å². The van der Waals surface area contributed by atoms with Gasteiger partial charge in [0.25, 0.3) is 0 Å². The molecule has 1 aromatic heterocycles. The molecule has 0 aliphatic heterocycles. The molecule has 0 saturated heterocycles. The minimum Gasteiger partial charge on any atom is -0.398 e. The van der Waals surface area contributed by atoms with Gasteiger partial charge in [-0.2, -0.15) is 0 Å². The largest absolute Gasteiger partial charge is 0.398 e. The topological polar surface area (TPSA) is 60.9 Å². The zero-order chi connectivity index (χ0) is 11.7. The summed E-state index contributed by atoms with van der Waals surface area (Å²) < 4.78 is 1.65. The van der Waals surface area contributed by atoms with Gasteiger partial charge in [0.2, 0.25) is 5.78 Å². The van der Waals surface area contributed by atoms with Crippen molar-refractivity contribution in [3.63, 3.8) is 0 Å². The molecule has 0 atom stereocenters. The Hall–Kier alpha value is -1.81. The fraction of sp³-hybridized carbons (Fsp3) is 0.0909. The Bertz CT molecular complexity index is 548. The summed E-state index contributed by atoms with van der Waals surface area (Å²) in [5.74, 6) is 0.149. The van der Waals surface area contributed by atoms with E-state index in [-0.39, 0.29) is 5.78 Å². The first kappa shape index (κ1) is 10.7. The number of nitrogens with zero attached hydrogens (tertiary/aromatic N) is 2. The molecule has 0 spiro atoms. The van der Waals surface area contributed by atoms with E-state index in [9.17, 15) is 4.79 Å². The first-order valence-electron chi connectivity index (χ1n) is 4.66. The summed E-state index contributed by atoms with van der Waals surface area (Å²) in [4.78, 5) is 16.0. The van der Waals surface area contributed by atoms with Gasteiger partial charge in [0, 0.05) is 35.7 Å². The summed E-state index contributed by atoms with van der Waals surface area (Å²) in [5, 5.41) is 0.508. The molecule has 2 rings (SSSR count). The maximum absolute atomic E-state index is 12.1. The molecular weight excluding hydrogens is 226 g/mol. The fourth-order valence-corrected chi connectivity index (χ4v) is 1.63. The van der Waals surface area contributed by atoms with Crippen molar-refractivity contribution in [2.45, 2.75) is 0 Å². The van der Waals surface area contributed by atoms with Gasteiger partial charge in [0.1, 0.15) is 0 Å². The zero-order valence-electron chi connectivity index (χ0n) is 8.64. The fourth-order valence-electron chi connectivity index (χ4n) is 1.45. The van der Waals surface area contributed by atoms with Crippen LogP contribution in [-0.4, -0.2) is 15.3 Å². The van der Waals surface area contributed by atoms with Gasteiger partial charge in [-0.15, -0.1) is 0 Å². The number of rotatable bonds is 2. The van der Waals surface area contributed by atoms with E-state index in [1.807, 2.05) is 0 Å². The summed E-state index contributed by atoms with van der Waals surface area (Å²) in [6, 6.07) is 4.79. The number of hydrogen-bond acceptors (Lipinski definition) is 3. The smallest absolute Gasteiger partial charge is 0.230 e. The van der Waals surface area contributed by atoms with Gasteiger partial charge in [-0.05, 0) is 18.2 Å². The van der Waals surface area contributed by atoms with Crippen molar-refractivity contribution in [2.75, 3.05) is 5.73 Å². The number of halogens is 1. The SMILES string of the molecule is Cn1ccnc1C(=O)c1ccc(Cl)cc1N. The van der Waals surface area contributed by atoms with Crippen molar-refractivity contribution in [3.8, 4) is 0 Å². The third kappa shape index (κ3) is 1.79. The molecule has 5 heteroatoms. The van der Waals surface area contributed by atoms with Crippen molar-refractivity contribution in [3.05, 3.63) is 47.0 Å². The van der Waals surface area contributed by atoms with Crippen molar-refractivity contribution < 1.29 is 4.79 Å². The number of imidazole rings is 1. The highest BCUT2D eigenvalue weighted by Crippen LogP contribution is 2.20. The predicted molar refractivity (Wildman–Crippen MR) is 62.5 cm³/mol. The van der Waals surface area contributed by atoms with E-state index in [2.05, 4.69) is 4.98 Å². The van der Waals surface area contributed by atoms with Gasteiger partial charge in [0.05, 0.1) is 0 Å².